The zero-order chi connectivity index (χ0) is 16.8. The molecule has 1 saturated carbocycles. The summed E-state index contributed by atoms with van der Waals surface area (Å²) < 4.78 is 22.9. The Labute approximate surface area is 143 Å². The molecule has 1 unspecified atom stereocenters. The minimum absolute atomic E-state index is 0.0706. The molecule has 0 bridgehead atoms. The fraction of sp³-hybridized carbons (Fsp3) is 0.611. The Balaban J connectivity index is 1.32. The summed E-state index contributed by atoms with van der Waals surface area (Å²) in [5, 5.41) is 5.76. The number of rotatable bonds is 3. The molecule has 1 aromatic carbocycles. The maximum atomic E-state index is 12.0. The maximum Gasteiger partial charge on any atom is 0.315 e. The van der Waals surface area contributed by atoms with E-state index in [9.17, 15) is 13.2 Å². The number of carbonyl (C=O) groups is 1. The third-order valence-electron chi connectivity index (χ3n) is 5.93. The van der Waals surface area contributed by atoms with E-state index >= 15 is 0 Å². The first kappa shape index (κ1) is 15.9. The lowest BCUT2D eigenvalue weighted by molar-refractivity contribution is 0.237. The normalized spacial score (nSPS) is 33.0. The maximum absolute atomic E-state index is 12.0. The summed E-state index contributed by atoms with van der Waals surface area (Å²) in [6, 6.07) is 8.23. The standard InChI is InChI=1S/C18H24N2O3S/c21-17(20-15-7-9-24(22,23)12-15)19-11-14-10-18(14)8-3-5-13-4-1-2-6-16(13)18/h1-2,4,6,14-15H,3,5,7-12H2,(H2,19,20,21)/t14-,15?,18+/m0/s1. The van der Waals surface area contributed by atoms with Crippen molar-refractivity contribution in [2.75, 3.05) is 18.1 Å². The van der Waals surface area contributed by atoms with Gasteiger partial charge >= 0.3 is 6.03 Å². The second kappa shape index (κ2) is 5.76. The largest absolute Gasteiger partial charge is 0.338 e. The van der Waals surface area contributed by atoms with Crippen LogP contribution in [0.25, 0.3) is 0 Å². The molecule has 3 atom stereocenters. The van der Waals surface area contributed by atoms with Crippen molar-refractivity contribution in [3.63, 3.8) is 0 Å². The van der Waals surface area contributed by atoms with Gasteiger partial charge in [-0.25, -0.2) is 13.2 Å². The molecule has 1 aromatic rings. The molecule has 2 fully saturated rings. The van der Waals surface area contributed by atoms with Crippen LogP contribution in [-0.4, -0.2) is 38.5 Å². The van der Waals surface area contributed by atoms with Crippen molar-refractivity contribution in [2.45, 2.75) is 43.6 Å². The van der Waals surface area contributed by atoms with E-state index in [4.69, 9.17) is 0 Å². The molecule has 1 spiro atoms. The van der Waals surface area contributed by atoms with Gasteiger partial charge in [0, 0.05) is 18.0 Å². The number of sulfone groups is 1. The topological polar surface area (TPSA) is 75.3 Å². The lowest BCUT2D eigenvalue weighted by Crippen LogP contribution is -2.43. The summed E-state index contributed by atoms with van der Waals surface area (Å²) in [4.78, 5) is 12.0. The van der Waals surface area contributed by atoms with Gasteiger partial charge in [-0.05, 0) is 49.1 Å². The Bertz CT molecular complexity index is 761. The van der Waals surface area contributed by atoms with Crippen molar-refractivity contribution in [1.82, 2.24) is 10.6 Å². The Hall–Kier alpha value is -1.56. The minimum Gasteiger partial charge on any atom is -0.338 e. The van der Waals surface area contributed by atoms with Crippen LogP contribution in [0.4, 0.5) is 4.79 Å². The van der Waals surface area contributed by atoms with E-state index in [0.717, 1.165) is 12.8 Å². The van der Waals surface area contributed by atoms with Gasteiger partial charge in [-0.2, -0.15) is 0 Å². The van der Waals surface area contributed by atoms with Crippen molar-refractivity contribution in [1.29, 1.82) is 0 Å². The zero-order valence-electron chi connectivity index (χ0n) is 13.8. The van der Waals surface area contributed by atoms with Crippen LogP contribution in [0, 0.1) is 5.92 Å². The molecule has 2 amide bonds. The molecule has 1 aliphatic heterocycles. The van der Waals surface area contributed by atoms with E-state index in [0.29, 0.717) is 18.9 Å². The van der Waals surface area contributed by atoms with Crippen LogP contribution in [0.2, 0.25) is 0 Å². The SMILES string of the molecule is O=C(NC[C@@H]1C[C@]12CCCc1ccccc12)NC1CCS(=O)(=O)C1. The molecule has 4 rings (SSSR count). The van der Waals surface area contributed by atoms with Gasteiger partial charge < -0.3 is 10.6 Å². The molecule has 1 saturated heterocycles. The number of amides is 2. The Morgan fingerprint density at radius 3 is 2.92 bits per heavy atom. The third kappa shape index (κ3) is 2.92. The van der Waals surface area contributed by atoms with Crippen LogP contribution in [0.5, 0.6) is 0 Å². The van der Waals surface area contributed by atoms with Gasteiger partial charge in [0.1, 0.15) is 0 Å². The lowest BCUT2D eigenvalue weighted by Gasteiger charge is -2.26. The van der Waals surface area contributed by atoms with Crippen LogP contribution in [0.3, 0.4) is 0 Å². The summed E-state index contributed by atoms with van der Waals surface area (Å²) in [6.07, 6.45) is 5.26. The Morgan fingerprint density at radius 1 is 1.29 bits per heavy atom. The molecule has 2 N–H and O–H groups in total. The number of aryl methyl sites for hydroxylation is 1. The number of hydrogen-bond donors (Lipinski definition) is 2. The number of nitrogens with one attached hydrogen (secondary N) is 2. The van der Waals surface area contributed by atoms with E-state index in [1.54, 1.807) is 0 Å². The summed E-state index contributed by atoms with van der Waals surface area (Å²) in [6.45, 7) is 0.666. The predicted molar refractivity (Wildman–Crippen MR) is 92.8 cm³/mol. The highest BCUT2D eigenvalue weighted by Crippen LogP contribution is 2.59. The molecular formula is C18H24N2O3S. The van der Waals surface area contributed by atoms with Crippen molar-refractivity contribution in [3.8, 4) is 0 Å². The van der Waals surface area contributed by atoms with Crippen LogP contribution < -0.4 is 10.6 Å². The molecule has 130 valence electrons. The van der Waals surface area contributed by atoms with Crippen LogP contribution >= 0.6 is 0 Å². The first-order valence-corrected chi connectivity index (χ1v) is 10.6. The first-order chi connectivity index (χ1) is 11.5. The highest BCUT2D eigenvalue weighted by Gasteiger charge is 2.56. The Morgan fingerprint density at radius 2 is 2.12 bits per heavy atom. The molecule has 5 nitrogen and oxygen atoms in total. The fourth-order valence-electron chi connectivity index (χ4n) is 4.60. The van der Waals surface area contributed by atoms with Gasteiger partial charge in [0.05, 0.1) is 11.5 Å². The summed E-state index contributed by atoms with van der Waals surface area (Å²) in [5.74, 6) is 0.749. The molecule has 0 radical (unpaired) electrons. The van der Waals surface area contributed by atoms with Crippen molar-refractivity contribution in [2.24, 2.45) is 5.92 Å². The van der Waals surface area contributed by atoms with E-state index in [1.807, 2.05) is 0 Å². The van der Waals surface area contributed by atoms with Gasteiger partial charge in [-0.3, -0.25) is 0 Å². The van der Waals surface area contributed by atoms with Crippen LogP contribution in [-0.2, 0) is 21.7 Å². The number of hydrogen-bond acceptors (Lipinski definition) is 3. The van der Waals surface area contributed by atoms with Gasteiger partial charge in [-0.15, -0.1) is 0 Å². The molecule has 2 aliphatic carbocycles. The van der Waals surface area contributed by atoms with Crippen molar-refractivity contribution in [3.05, 3.63) is 35.4 Å². The molecule has 24 heavy (non-hydrogen) atoms. The van der Waals surface area contributed by atoms with E-state index in [-0.39, 0.29) is 29.0 Å². The number of carbonyl (C=O) groups excluding carboxylic acids is 1. The second-order valence-corrected chi connectivity index (χ2v) is 9.75. The number of fused-ring (bicyclic) bond motifs is 2. The average molecular weight is 348 g/mol. The van der Waals surface area contributed by atoms with E-state index in [2.05, 4.69) is 34.9 Å². The Kier molecular flexibility index (Phi) is 3.82. The van der Waals surface area contributed by atoms with Gasteiger partial charge in [-0.1, -0.05) is 24.3 Å². The van der Waals surface area contributed by atoms with Gasteiger partial charge in [0.2, 0.25) is 0 Å². The van der Waals surface area contributed by atoms with Crippen LogP contribution in [0.1, 0.15) is 36.8 Å². The summed E-state index contributed by atoms with van der Waals surface area (Å²) in [5.41, 5.74) is 3.20. The summed E-state index contributed by atoms with van der Waals surface area (Å²) in [7, 11) is -2.96. The molecular weight excluding hydrogens is 324 g/mol. The first-order valence-electron chi connectivity index (χ1n) is 8.82. The summed E-state index contributed by atoms with van der Waals surface area (Å²) >= 11 is 0. The monoisotopic (exact) mass is 348 g/mol. The average Bonchev–Trinajstić information content (AvgIpc) is 3.13. The quantitative estimate of drug-likeness (QED) is 0.874. The van der Waals surface area contributed by atoms with E-state index in [1.165, 1.54) is 24.0 Å². The van der Waals surface area contributed by atoms with Crippen molar-refractivity contribution < 1.29 is 13.2 Å². The second-order valence-electron chi connectivity index (χ2n) is 7.52. The number of benzene rings is 1. The smallest absolute Gasteiger partial charge is 0.315 e. The van der Waals surface area contributed by atoms with Gasteiger partial charge in [0.15, 0.2) is 9.84 Å². The fourth-order valence-corrected chi connectivity index (χ4v) is 6.27. The molecule has 3 aliphatic rings. The highest BCUT2D eigenvalue weighted by atomic mass is 32.2. The predicted octanol–water partition coefficient (Wildman–Crippen LogP) is 1.77. The minimum atomic E-state index is -2.96. The molecule has 1 heterocycles. The molecule has 6 heteroatoms. The lowest BCUT2D eigenvalue weighted by atomic mass is 9.78. The number of urea groups is 1. The zero-order valence-corrected chi connectivity index (χ0v) is 14.6. The highest BCUT2D eigenvalue weighted by molar-refractivity contribution is 7.91. The van der Waals surface area contributed by atoms with Crippen molar-refractivity contribution >= 4 is 15.9 Å². The van der Waals surface area contributed by atoms with E-state index < -0.39 is 9.84 Å². The third-order valence-corrected chi connectivity index (χ3v) is 7.70. The van der Waals surface area contributed by atoms with Crippen LogP contribution in [0.15, 0.2) is 24.3 Å². The molecule has 0 aromatic heterocycles. The van der Waals surface area contributed by atoms with Gasteiger partial charge in [0.25, 0.3) is 0 Å².